The molecule has 0 aliphatic rings. The van der Waals surface area contributed by atoms with Crippen molar-refractivity contribution in [3.05, 3.63) is 34.1 Å². The molecule has 1 aromatic rings. The van der Waals surface area contributed by atoms with Gasteiger partial charge in [-0.15, -0.1) is 0 Å². The highest BCUT2D eigenvalue weighted by atomic mass is 79.9. The molecule has 0 saturated carbocycles. The van der Waals surface area contributed by atoms with Gasteiger partial charge in [0, 0.05) is 24.0 Å². The minimum absolute atomic E-state index is 0.0856. The van der Waals surface area contributed by atoms with Crippen LogP contribution in [0, 0.1) is 5.82 Å². The molecule has 78 valence electrons. The molecule has 4 heteroatoms. The zero-order valence-corrected chi connectivity index (χ0v) is 9.55. The van der Waals surface area contributed by atoms with Crippen LogP contribution < -0.4 is 5.73 Å². The van der Waals surface area contributed by atoms with Crippen molar-refractivity contribution in [3.63, 3.8) is 0 Å². The molecule has 0 aliphatic heterocycles. The van der Waals surface area contributed by atoms with E-state index in [0.29, 0.717) is 18.7 Å². The molecule has 0 heterocycles. The first-order valence-electron chi connectivity index (χ1n) is 4.33. The molecule has 2 N–H and O–H groups in total. The SMILES string of the molecule is COCC(CN)c1cc(Br)ccc1F. The Labute approximate surface area is 91.4 Å². The lowest BCUT2D eigenvalue weighted by Crippen LogP contribution is -2.18. The van der Waals surface area contributed by atoms with E-state index >= 15 is 0 Å². The van der Waals surface area contributed by atoms with Crippen LogP contribution in [0.1, 0.15) is 11.5 Å². The lowest BCUT2D eigenvalue weighted by atomic mass is 10.00. The highest BCUT2D eigenvalue weighted by molar-refractivity contribution is 9.10. The summed E-state index contributed by atoms with van der Waals surface area (Å²) >= 11 is 3.30. The van der Waals surface area contributed by atoms with Crippen LogP contribution in [-0.2, 0) is 4.74 Å². The van der Waals surface area contributed by atoms with Crippen LogP contribution in [0.5, 0.6) is 0 Å². The first-order chi connectivity index (χ1) is 6.69. The number of nitrogens with two attached hydrogens (primary N) is 1. The van der Waals surface area contributed by atoms with Gasteiger partial charge in [0.2, 0.25) is 0 Å². The molecule has 14 heavy (non-hydrogen) atoms. The van der Waals surface area contributed by atoms with E-state index in [1.807, 2.05) is 0 Å². The van der Waals surface area contributed by atoms with Crippen LogP contribution in [0.15, 0.2) is 22.7 Å². The lowest BCUT2D eigenvalue weighted by Gasteiger charge is -2.15. The Balaban J connectivity index is 2.96. The number of methoxy groups -OCH3 is 1. The fourth-order valence-corrected chi connectivity index (χ4v) is 1.69. The first kappa shape index (κ1) is 11.6. The summed E-state index contributed by atoms with van der Waals surface area (Å²) in [5, 5.41) is 0. The second-order valence-corrected chi connectivity index (χ2v) is 3.97. The van der Waals surface area contributed by atoms with Gasteiger partial charge in [-0.3, -0.25) is 0 Å². The third kappa shape index (κ3) is 2.77. The van der Waals surface area contributed by atoms with E-state index in [2.05, 4.69) is 15.9 Å². The Morgan fingerprint density at radius 1 is 1.57 bits per heavy atom. The van der Waals surface area contributed by atoms with Gasteiger partial charge in [-0.25, -0.2) is 4.39 Å². The molecule has 0 bridgehead atoms. The maximum absolute atomic E-state index is 13.4. The highest BCUT2D eigenvalue weighted by Crippen LogP contribution is 2.22. The summed E-state index contributed by atoms with van der Waals surface area (Å²) < 4.78 is 19.2. The van der Waals surface area contributed by atoms with Crippen LogP contribution in [0.4, 0.5) is 4.39 Å². The van der Waals surface area contributed by atoms with Crippen molar-refractivity contribution in [1.29, 1.82) is 0 Å². The van der Waals surface area contributed by atoms with Gasteiger partial charge in [0.25, 0.3) is 0 Å². The average molecular weight is 262 g/mol. The van der Waals surface area contributed by atoms with Crippen molar-refractivity contribution in [2.24, 2.45) is 5.73 Å². The summed E-state index contributed by atoms with van der Waals surface area (Å²) in [7, 11) is 1.58. The maximum Gasteiger partial charge on any atom is 0.126 e. The highest BCUT2D eigenvalue weighted by Gasteiger charge is 2.14. The maximum atomic E-state index is 13.4. The minimum atomic E-state index is -0.235. The molecule has 1 unspecified atom stereocenters. The molecule has 0 radical (unpaired) electrons. The number of halogens is 2. The van der Waals surface area contributed by atoms with E-state index < -0.39 is 0 Å². The van der Waals surface area contributed by atoms with Crippen LogP contribution in [0.2, 0.25) is 0 Å². The molecule has 1 atom stereocenters. The van der Waals surface area contributed by atoms with Crippen LogP contribution in [0.3, 0.4) is 0 Å². The molecule has 0 saturated heterocycles. The third-order valence-corrected chi connectivity index (χ3v) is 2.54. The van der Waals surface area contributed by atoms with E-state index in [4.69, 9.17) is 10.5 Å². The number of rotatable bonds is 4. The van der Waals surface area contributed by atoms with E-state index in [9.17, 15) is 4.39 Å². The second kappa shape index (κ2) is 5.44. The molecule has 0 spiro atoms. The van der Waals surface area contributed by atoms with Gasteiger partial charge in [-0.2, -0.15) is 0 Å². The van der Waals surface area contributed by atoms with E-state index in [1.165, 1.54) is 6.07 Å². The van der Waals surface area contributed by atoms with Crippen molar-refractivity contribution in [2.75, 3.05) is 20.3 Å². The predicted octanol–water partition coefficient (Wildman–Crippen LogP) is 2.28. The third-order valence-electron chi connectivity index (χ3n) is 2.05. The van der Waals surface area contributed by atoms with Gasteiger partial charge < -0.3 is 10.5 Å². The van der Waals surface area contributed by atoms with Gasteiger partial charge in [-0.05, 0) is 23.8 Å². The van der Waals surface area contributed by atoms with Gasteiger partial charge in [0.05, 0.1) is 6.61 Å². The fourth-order valence-electron chi connectivity index (χ4n) is 1.31. The van der Waals surface area contributed by atoms with Crippen molar-refractivity contribution in [3.8, 4) is 0 Å². The molecule has 0 fully saturated rings. The van der Waals surface area contributed by atoms with Gasteiger partial charge in [0.15, 0.2) is 0 Å². The van der Waals surface area contributed by atoms with Crippen LogP contribution in [0.25, 0.3) is 0 Å². The molecular formula is C10H13BrFNO. The van der Waals surface area contributed by atoms with Crippen molar-refractivity contribution < 1.29 is 9.13 Å². The summed E-state index contributed by atoms with van der Waals surface area (Å²) in [5.74, 6) is -0.321. The average Bonchev–Trinajstić information content (AvgIpc) is 2.18. The normalized spacial score (nSPS) is 12.9. The summed E-state index contributed by atoms with van der Waals surface area (Å²) in [5.41, 5.74) is 6.15. The summed E-state index contributed by atoms with van der Waals surface area (Å²) in [4.78, 5) is 0. The van der Waals surface area contributed by atoms with Gasteiger partial charge in [0.1, 0.15) is 5.82 Å². The largest absolute Gasteiger partial charge is 0.384 e. The van der Waals surface area contributed by atoms with Crippen LogP contribution in [-0.4, -0.2) is 20.3 Å². The van der Waals surface area contributed by atoms with Crippen molar-refractivity contribution in [2.45, 2.75) is 5.92 Å². The van der Waals surface area contributed by atoms with Gasteiger partial charge >= 0.3 is 0 Å². The molecule has 0 amide bonds. The Hall–Kier alpha value is -0.450. The molecule has 0 aromatic heterocycles. The molecule has 1 rings (SSSR count). The number of hydrogen-bond donors (Lipinski definition) is 1. The van der Waals surface area contributed by atoms with Crippen molar-refractivity contribution >= 4 is 15.9 Å². The zero-order chi connectivity index (χ0) is 10.6. The first-order valence-corrected chi connectivity index (χ1v) is 5.12. The summed E-state index contributed by atoms with van der Waals surface area (Å²) in [6, 6.07) is 4.84. The quantitative estimate of drug-likeness (QED) is 0.903. The monoisotopic (exact) mass is 261 g/mol. The Morgan fingerprint density at radius 2 is 2.29 bits per heavy atom. The lowest BCUT2D eigenvalue weighted by molar-refractivity contribution is 0.180. The zero-order valence-electron chi connectivity index (χ0n) is 7.97. The predicted molar refractivity (Wildman–Crippen MR) is 57.8 cm³/mol. The number of hydrogen-bond acceptors (Lipinski definition) is 2. The summed E-state index contributed by atoms with van der Waals surface area (Å²) in [6.45, 7) is 0.811. The standard InChI is InChI=1S/C10H13BrFNO/c1-14-6-7(5-13)9-4-8(11)2-3-10(9)12/h2-4,7H,5-6,13H2,1H3. The Kier molecular flexibility index (Phi) is 4.51. The molecule has 2 nitrogen and oxygen atoms in total. The minimum Gasteiger partial charge on any atom is -0.384 e. The fraction of sp³-hybridized carbons (Fsp3) is 0.400. The number of benzene rings is 1. The molecular weight excluding hydrogens is 249 g/mol. The molecule has 0 aliphatic carbocycles. The molecule has 1 aromatic carbocycles. The van der Waals surface area contributed by atoms with Crippen LogP contribution >= 0.6 is 15.9 Å². The summed E-state index contributed by atoms with van der Waals surface area (Å²) in [6.07, 6.45) is 0. The topological polar surface area (TPSA) is 35.2 Å². The Morgan fingerprint density at radius 3 is 2.86 bits per heavy atom. The number of ether oxygens (including phenoxy) is 1. The van der Waals surface area contributed by atoms with Crippen molar-refractivity contribution in [1.82, 2.24) is 0 Å². The smallest absolute Gasteiger partial charge is 0.126 e. The van der Waals surface area contributed by atoms with E-state index in [-0.39, 0.29) is 11.7 Å². The second-order valence-electron chi connectivity index (χ2n) is 3.05. The van der Waals surface area contributed by atoms with E-state index in [0.717, 1.165) is 4.47 Å². The Bertz CT molecular complexity index is 306. The van der Waals surface area contributed by atoms with E-state index in [1.54, 1.807) is 19.2 Å². The van der Waals surface area contributed by atoms with Gasteiger partial charge in [-0.1, -0.05) is 15.9 Å².